The Morgan fingerprint density at radius 3 is 2.79 bits per heavy atom. The average molecular weight is 283 g/mol. The van der Waals surface area contributed by atoms with Gasteiger partial charge in [-0.15, -0.1) is 0 Å². The topological polar surface area (TPSA) is 44.2 Å². The highest BCUT2D eigenvalue weighted by Crippen LogP contribution is 2.16. The highest BCUT2D eigenvalue weighted by atomic mass is 35.5. The van der Waals surface area contributed by atoms with E-state index in [-0.39, 0.29) is 12.4 Å². The van der Waals surface area contributed by atoms with E-state index in [0.717, 1.165) is 0 Å². The molecule has 0 saturated carbocycles. The minimum absolute atomic E-state index is 0.205. The van der Waals surface area contributed by atoms with Crippen LogP contribution < -0.4 is 9.47 Å². The summed E-state index contributed by atoms with van der Waals surface area (Å²) in [6.07, 6.45) is 0.408. The molecule has 0 saturated heterocycles. The Morgan fingerprint density at radius 2 is 2.05 bits per heavy atom. The van der Waals surface area contributed by atoms with Crippen LogP contribution >= 0.6 is 11.6 Å². The number of hydrogen-bond acceptors (Lipinski definition) is 4. The molecular formula is C13H12ClFN2O2. The van der Waals surface area contributed by atoms with Crippen molar-refractivity contribution in [2.24, 2.45) is 0 Å². The van der Waals surface area contributed by atoms with Crippen molar-refractivity contribution >= 4 is 11.6 Å². The van der Waals surface area contributed by atoms with Gasteiger partial charge in [-0.05, 0) is 12.1 Å². The zero-order valence-electron chi connectivity index (χ0n) is 10.3. The summed E-state index contributed by atoms with van der Waals surface area (Å²) in [5, 5.41) is 0.299. The Morgan fingerprint density at radius 1 is 1.26 bits per heavy atom. The maximum absolute atomic E-state index is 13.3. The highest BCUT2D eigenvalue weighted by molar-refractivity contribution is 6.29. The van der Waals surface area contributed by atoms with Crippen molar-refractivity contribution < 1.29 is 13.9 Å². The Bertz CT molecular complexity index is 566. The van der Waals surface area contributed by atoms with E-state index in [1.54, 1.807) is 18.2 Å². The number of ether oxygens (including phenoxy) is 2. The standard InChI is InChI=1S/C13H12ClFN2O2/c1-18-13-8-11(14)16-12(17-13)6-7-19-10-5-3-2-4-9(10)15/h2-5,8H,6-7H2,1H3. The number of rotatable bonds is 5. The average Bonchev–Trinajstić information content (AvgIpc) is 2.40. The number of aromatic nitrogens is 2. The van der Waals surface area contributed by atoms with Crippen molar-refractivity contribution in [2.45, 2.75) is 6.42 Å². The Balaban J connectivity index is 1.96. The molecule has 2 aromatic rings. The van der Waals surface area contributed by atoms with E-state index in [9.17, 15) is 4.39 Å². The van der Waals surface area contributed by atoms with Crippen molar-refractivity contribution in [2.75, 3.05) is 13.7 Å². The third-order valence-corrected chi connectivity index (χ3v) is 2.54. The summed E-state index contributed by atoms with van der Waals surface area (Å²) in [6, 6.07) is 7.73. The predicted octanol–water partition coefficient (Wildman–Crippen LogP) is 2.90. The second kappa shape index (κ2) is 6.33. The molecule has 4 nitrogen and oxygen atoms in total. The molecule has 0 atom stereocenters. The van der Waals surface area contributed by atoms with Gasteiger partial charge in [-0.2, -0.15) is 4.98 Å². The molecule has 0 aliphatic rings. The van der Waals surface area contributed by atoms with Gasteiger partial charge in [-0.25, -0.2) is 9.37 Å². The summed E-state index contributed by atoms with van der Waals surface area (Å²) in [5.41, 5.74) is 0. The molecule has 6 heteroatoms. The van der Waals surface area contributed by atoms with Crippen LogP contribution in [0.1, 0.15) is 5.82 Å². The molecular weight excluding hydrogens is 271 g/mol. The zero-order valence-corrected chi connectivity index (χ0v) is 11.0. The molecule has 0 spiro atoms. The minimum Gasteiger partial charge on any atom is -0.490 e. The number of hydrogen-bond donors (Lipinski definition) is 0. The van der Waals surface area contributed by atoms with Gasteiger partial charge in [-0.1, -0.05) is 23.7 Å². The molecule has 100 valence electrons. The molecule has 1 aromatic heterocycles. The van der Waals surface area contributed by atoms with Gasteiger partial charge in [0.15, 0.2) is 11.6 Å². The molecule has 0 amide bonds. The van der Waals surface area contributed by atoms with E-state index >= 15 is 0 Å². The smallest absolute Gasteiger partial charge is 0.217 e. The Kier molecular flexibility index (Phi) is 4.52. The Labute approximate surface area is 115 Å². The summed E-state index contributed by atoms with van der Waals surface area (Å²) in [7, 11) is 1.50. The molecule has 0 aliphatic heterocycles. The molecule has 1 heterocycles. The maximum atomic E-state index is 13.3. The SMILES string of the molecule is COc1cc(Cl)nc(CCOc2ccccc2F)n1. The molecule has 2 rings (SSSR count). The maximum Gasteiger partial charge on any atom is 0.217 e. The second-order valence-electron chi connectivity index (χ2n) is 3.68. The van der Waals surface area contributed by atoms with E-state index in [1.807, 2.05) is 0 Å². The van der Waals surface area contributed by atoms with Crippen LogP contribution in [0.5, 0.6) is 11.6 Å². The lowest BCUT2D eigenvalue weighted by molar-refractivity contribution is 0.301. The fourth-order valence-electron chi connectivity index (χ4n) is 1.47. The number of benzene rings is 1. The third kappa shape index (κ3) is 3.79. The van der Waals surface area contributed by atoms with Crippen molar-refractivity contribution in [3.8, 4) is 11.6 Å². The van der Waals surface area contributed by atoms with Crippen LogP contribution in [0.2, 0.25) is 5.15 Å². The van der Waals surface area contributed by atoms with E-state index in [4.69, 9.17) is 21.1 Å². The molecule has 0 aliphatic carbocycles. The normalized spacial score (nSPS) is 10.3. The highest BCUT2D eigenvalue weighted by Gasteiger charge is 2.05. The summed E-state index contributed by atoms with van der Waals surface area (Å²) in [6.45, 7) is 0.254. The van der Waals surface area contributed by atoms with Gasteiger partial charge < -0.3 is 9.47 Å². The number of para-hydroxylation sites is 1. The minimum atomic E-state index is -0.396. The Hall–Kier alpha value is -1.88. The number of nitrogens with zero attached hydrogens (tertiary/aromatic N) is 2. The molecule has 1 aromatic carbocycles. The van der Waals surface area contributed by atoms with Crippen molar-refractivity contribution in [1.82, 2.24) is 9.97 Å². The fraction of sp³-hybridized carbons (Fsp3) is 0.231. The van der Waals surface area contributed by atoms with Crippen LogP contribution in [0, 0.1) is 5.82 Å². The predicted molar refractivity (Wildman–Crippen MR) is 69.2 cm³/mol. The molecule has 0 fully saturated rings. The first-order valence-electron chi connectivity index (χ1n) is 5.64. The first kappa shape index (κ1) is 13.5. The molecule has 0 N–H and O–H groups in total. The first-order chi connectivity index (χ1) is 9.19. The summed E-state index contributed by atoms with van der Waals surface area (Å²) >= 11 is 5.82. The van der Waals surface area contributed by atoms with Crippen LogP contribution in [0.15, 0.2) is 30.3 Å². The van der Waals surface area contributed by atoms with Gasteiger partial charge in [0.25, 0.3) is 0 Å². The largest absolute Gasteiger partial charge is 0.490 e. The van der Waals surface area contributed by atoms with Gasteiger partial charge >= 0.3 is 0 Å². The van der Waals surface area contributed by atoms with Crippen LogP contribution in [0.3, 0.4) is 0 Å². The molecule has 0 bridgehead atoms. The monoisotopic (exact) mass is 282 g/mol. The van der Waals surface area contributed by atoms with E-state index in [2.05, 4.69) is 9.97 Å². The van der Waals surface area contributed by atoms with Gasteiger partial charge in [0.05, 0.1) is 13.7 Å². The fourth-order valence-corrected chi connectivity index (χ4v) is 1.66. The third-order valence-electron chi connectivity index (χ3n) is 2.35. The number of halogens is 2. The van der Waals surface area contributed by atoms with Crippen LogP contribution in [-0.2, 0) is 6.42 Å². The van der Waals surface area contributed by atoms with Crippen molar-refractivity contribution in [1.29, 1.82) is 0 Å². The van der Waals surface area contributed by atoms with Gasteiger partial charge in [0.2, 0.25) is 5.88 Å². The summed E-state index contributed by atoms with van der Waals surface area (Å²) in [5.74, 6) is 0.685. The lowest BCUT2D eigenvalue weighted by Crippen LogP contribution is -2.06. The van der Waals surface area contributed by atoms with E-state index in [0.29, 0.717) is 23.3 Å². The molecule has 0 radical (unpaired) electrons. The lowest BCUT2D eigenvalue weighted by atomic mass is 10.3. The quantitative estimate of drug-likeness (QED) is 0.791. The first-order valence-corrected chi connectivity index (χ1v) is 6.01. The van der Waals surface area contributed by atoms with Crippen LogP contribution in [0.4, 0.5) is 4.39 Å². The van der Waals surface area contributed by atoms with E-state index < -0.39 is 5.82 Å². The van der Waals surface area contributed by atoms with Crippen molar-refractivity contribution in [3.05, 3.63) is 47.1 Å². The van der Waals surface area contributed by atoms with Gasteiger partial charge in [0, 0.05) is 12.5 Å². The van der Waals surface area contributed by atoms with Crippen LogP contribution in [0.25, 0.3) is 0 Å². The summed E-state index contributed by atoms with van der Waals surface area (Å²) < 4.78 is 23.6. The zero-order chi connectivity index (χ0) is 13.7. The molecule has 0 unspecified atom stereocenters. The lowest BCUT2D eigenvalue weighted by Gasteiger charge is -2.07. The van der Waals surface area contributed by atoms with E-state index in [1.165, 1.54) is 19.2 Å². The van der Waals surface area contributed by atoms with Crippen LogP contribution in [-0.4, -0.2) is 23.7 Å². The summed E-state index contributed by atoms with van der Waals surface area (Å²) in [4.78, 5) is 8.15. The van der Waals surface area contributed by atoms with Gasteiger partial charge in [0.1, 0.15) is 11.0 Å². The van der Waals surface area contributed by atoms with Gasteiger partial charge in [-0.3, -0.25) is 0 Å². The second-order valence-corrected chi connectivity index (χ2v) is 4.07. The van der Waals surface area contributed by atoms with Crippen molar-refractivity contribution in [3.63, 3.8) is 0 Å². The number of methoxy groups -OCH3 is 1. The molecule has 19 heavy (non-hydrogen) atoms.